The molecule has 1 aromatic carbocycles. The summed E-state index contributed by atoms with van der Waals surface area (Å²) in [4.78, 5) is 24.0. The average molecular weight is 266 g/mol. The number of hydrogen-bond donors (Lipinski definition) is 1. The van der Waals surface area contributed by atoms with Gasteiger partial charge in [-0.2, -0.15) is 0 Å². The van der Waals surface area contributed by atoms with Crippen LogP contribution in [-0.4, -0.2) is 44.1 Å². The van der Waals surface area contributed by atoms with Crippen LogP contribution in [0.4, 0.5) is 5.69 Å². The molecule has 2 N–H and O–H groups in total. The van der Waals surface area contributed by atoms with Gasteiger partial charge >= 0.3 is 5.97 Å². The molecule has 0 heterocycles. The molecule has 0 aliphatic heterocycles. The Morgan fingerprint density at radius 2 is 2.00 bits per heavy atom. The lowest BCUT2D eigenvalue weighted by molar-refractivity contribution is -0.146. The van der Waals surface area contributed by atoms with Crippen LogP contribution in [0, 0.1) is 0 Å². The van der Waals surface area contributed by atoms with Crippen LogP contribution in [0.3, 0.4) is 0 Å². The number of carbonyl (C=O) groups is 2. The molecule has 0 atom stereocenters. The molecule has 0 saturated carbocycles. The van der Waals surface area contributed by atoms with Crippen molar-refractivity contribution in [2.24, 2.45) is 0 Å². The molecule has 0 bridgehead atoms. The minimum absolute atomic E-state index is 0.0667. The number of hydrogen-bond acceptors (Lipinski definition) is 5. The number of ether oxygens (including phenoxy) is 2. The van der Waals surface area contributed by atoms with Crippen molar-refractivity contribution in [1.29, 1.82) is 0 Å². The number of nitrogens with zero attached hydrogens (tertiary/aromatic N) is 1. The van der Waals surface area contributed by atoms with Gasteiger partial charge in [-0.15, -0.1) is 0 Å². The number of esters is 1. The molecule has 6 nitrogen and oxygen atoms in total. The number of para-hydroxylation sites is 2. The first-order valence-electron chi connectivity index (χ1n) is 5.82. The maximum atomic E-state index is 11.7. The molecule has 1 aromatic rings. The lowest BCUT2D eigenvalue weighted by Gasteiger charge is -2.16. The van der Waals surface area contributed by atoms with E-state index in [4.69, 9.17) is 10.5 Å². The number of methoxy groups -OCH3 is 1. The van der Waals surface area contributed by atoms with E-state index < -0.39 is 5.97 Å². The van der Waals surface area contributed by atoms with Crippen molar-refractivity contribution in [2.75, 3.05) is 33.0 Å². The fourth-order valence-electron chi connectivity index (χ4n) is 1.40. The standard InChI is InChI=1S/C13H18N2O4/c1-15(9-13(17)18-2)12(16)7-8-19-11-6-4-3-5-10(11)14/h3-6H,7-9,14H2,1-2H3. The van der Waals surface area contributed by atoms with Crippen molar-refractivity contribution in [3.63, 3.8) is 0 Å². The molecule has 0 unspecified atom stereocenters. The molecule has 0 spiro atoms. The second-order valence-corrected chi connectivity index (χ2v) is 3.96. The van der Waals surface area contributed by atoms with E-state index in [0.717, 1.165) is 0 Å². The van der Waals surface area contributed by atoms with Gasteiger partial charge in [0, 0.05) is 7.05 Å². The van der Waals surface area contributed by atoms with Crippen molar-refractivity contribution in [3.05, 3.63) is 24.3 Å². The highest BCUT2D eigenvalue weighted by molar-refractivity contribution is 5.81. The Kier molecular flexibility index (Phi) is 5.66. The van der Waals surface area contributed by atoms with E-state index in [2.05, 4.69) is 4.74 Å². The first kappa shape index (κ1) is 14.8. The fraction of sp³-hybridized carbons (Fsp3) is 0.385. The zero-order valence-corrected chi connectivity index (χ0v) is 11.1. The van der Waals surface area contributed by atoms with Crippen LogP contribution in [0.1, 0.15) is 6.42 Å². The third-order valence-electron chi connectivity index (χ3n) is 2.51. The van der Waals surface area contributed by atoms with Gasteiger partial charge < -0.3 is 20.1 Å². The number of amides is 1. The smallest absolute Gasteiger partial charge is 0.325 e. The highest BCUT2D eigenvalue weighted by atomic mass is 16.5. The second kappa shape index (κ2) is 7.25. The van der Waals surface area contributed by atoms with E-state index in [1.807, 2.05) is 0 Å². The van der Waals surface area contributed by atoms with E-state index in [-0.39, 0.29) is 25.5 Å². The quantitative estimate of drug-likeness (QED) is 0.604. The Hall–Kier alpha value is -2.24. The van der Waals surface area contributed by atoms with E-state index in [0.29, 0.717) is 11.4 Å². The van der Waals surface area contributed by atoms with Gasteiger partial charge in [-0.25, -0.2) is 0 Å². The molecule has 104 valence electrons. The molecule has 19 heavy (non-hydrogen) atoms. The highest BCUT2D eigenvalue weighted by Gasteiger charge is 2.13. The Morgan fingerprint density at radius 3 is 2.63 bits per heavy atom. The summed E-state index contributed by atoms with van der Waals surface area (Å²) in [6.07, 6.45) is 0.168. The summed E-state index contributed by atoms with van der Waals surface area (Å²) in [6, 6.07) is 7.06. The summed E-state index contributed by atoms with van der Waals surface area (Å²) < 4.78 is 9.88. The Balaban J connectivity index is 2.35. The summed E-state index contributed by atoms with van der Waals surface area (Å²) in [5.41, 5.74) is 6.23. The van der Waals surface area contributed by atoms with Crippen molar-refractivity contribution >= 4 is 17.6 Å². The van der Waals surface area contributed by atoms with Crippen LogP contribution in [0.15, 0.2) is 24.3 Å². The van der Waals surface area contributed by atoms with Crippen molar-refractivity contribution in [3.8, 4) is 5.75 Å². The molecule has 1 amide bonds. The van der Waals surface area contributed by atoms with Gasteiger partial charge in [0.25, 0.3) is 0 Å². The topological polar surface area (TPSA) is 81.9 Å². The summed E-state index contributed by atoms with van der Waals surface area (Å²) in [5, 5.41) is 0. The number of likely N-dealkylation sites (N-methyl/N-ethyl adjacent to an activating group) is 1. The molecular formula is C13H18N2O4. The number of carbonyl (C=O) groups excluding carboxylic acids is 2. The van der Waals surface area contributed by atoms with Crippen LogP contribution < -0.4 is 10.5 Å². The van der Waals surface area contributed by atoms with E-state index in [1.54, 1.807) is 24.3 Å². The van der Waals surface area contributed by atoms with E-state index >= 15 is 0 Å². The molecule has 0 fully saturated rings. The lowest BCUT2D eigenvalue weighted by atomic mass is 10.3. The zero-order chi connectivity index (χ0) is 14.3. The normalized spacial score (nSPS) is 9.79. The third-order valence-corrected chi connectivity index (χ3v) is 2.51. The molecule has 0 radical (unpaired) electrons. The fourth-order valence-corrected chi connectivity index (χ4v) is 1.40. The van der Waals surface area contributed by atoms with Crippen molar-refractivity contribution in [2.45, 2.75) is 6.42 Å². The molecule has 0 saturated heterocycles. The predicted molar refractivity (Wildman–Crippen MR) is 70.6 cm³/mol. The van der Waals surface area contributed by atoms with Gasteiger partial charge in [0.1, 0.15) is 12.3 Å². The minimum Gasteiger partial charge on any atom is -0.491 e. The third kappa shape index (κ3) is 4.87. The SMILES string of the molecule is COC(=O)CN(C)C(=O)CCOc1ccccc1N. The van der Waals surface area contributed by atoms with Crippen LogP contribution in [-0.2, 0) is 14.3 Å². The first-order chi connectivity index (χ1) is 9.04. The van der Waals surface area contributed by atoms with Gasteiger partial charge in [0.15, 0.2) is 0 Å². The molecule has 1 rings (SSSR count). The average Bonchev–Trinajstić information content (AvgIpc) is 2.40. The second-order valence-electron chi connectivity index (χ2n) is 3.96. The van der Waals surface area contributed by atoms with Gasteiger partial charge in [0.05, 0.1) is 25.8 Å². The number of rotatable bonds is 6. The molecule has 0 aliphatic rings. The lowest BCUT2D eigenvalue weighted by Crippen LogP contribution is -2.33. The first-order valence-corrected chi connectivity index (χ1v) is 5.82. The maximum Gasteiger partial charge on any atom is 0.325 e. The Bertz CT molecular complexity index is 448. The van der Waals surface area contributed by atoms with E-state index in [1.165, 1.54) is 19.1 Å². The van der Waals surface area contributed by atoms with Gasteiger partial charge in [-0.1, -0.05) is 12.1 Å². The Labute approximate surface area is 112 Å². The van der Waals surface area contributed by atoms with Crippen molar-refractivity contribution in [1.82, 2.24) is 4.90 Å². The van der Waals surface area contributed by atoms with Crippen LogP contribution in [0.5, 0.6) is 5.75 Å². The summed E-state index contributed by atoms with van der Waals surface area (Å²) in [7, 11) is 2.82. The zero-order valence-electron chi connectivity index (χ0n) is 11.1. The van der Waals surface area contributed by atoms with Crippen LogP contribution >= 0.6 is 0 Å². The van der Waals surface area contributed by atoms with Gasteiger partial charge in [-0.05, 0) is 12.1 Å². The predicted octanol–water partition coefficient (Wildman–Crippen LogP) is 0.669. The number of nitrogens with two attached hydrogens (primary N) is 1. The monoisotopic (exact) mass is 266 g/mol. The number of nitrogen functional groups attached to an aromatic ring is 1. The summed E-state index contributed by atoms with van der Waals surface area (Å²) in [6.45, 7) is 0.140. The molecule has 0 aliphatic carbocycles. The van der Waals surface area contributed by atoms with E-state index in [9.17, 15) is 9.59 Å². The van der Waals surface area contributed by atoms with Gasteiger partial charge in [-0.3, -0.25) is 9.59 Å². The van der Waals surface area contributed by atoms with Crippen LogP contribution in [0.25, 0.3) is 0 Å². The van der Waals surface area contributed by atoms with Crippen molar-refractivity contribution < 1.29 is 19.1 Å². The highest BCUT2D eigenvalue weighted by Crippen LogP contribution is 2.19. The minimum atomic E-state index is -0.455. The summed E-state index contributed by atoms with van der Waals surface area (Å²) in [5.74, 6) is -0.102. The molecular weight excluding hydrogens is 248 g/mol. The van der Waals surface area contributed by atoms with Gasteiger partial charge in [0.2, 0.25) is 5.91 Å². The molecule has 6 heteroatoms. The summed E-state index contributed by atoms with van der Waals surface area (Å²) >= 11 is 0. The number of benzene rings is 1. The Morgan fingerprint density at radius 1 is 1.32 bits per heavy atom. The largest absolute Gasteiger partial charge is 0.491 e. The number of anilines is 1. The van der Waals surface area contributed by atoms with Crippen LogP contribution in [0.2, 0.25) is 0 Å². The maximum absolute atomic E-state index is 11.7. The molecule has 0 aromatic heterocycles.